The summed E-state index contributed by atoms with van der Waals surface area (Å²) in [6, 6.07) is 0. The number of hydrogen-bond acceptors (Lipinski definition) is 6. The van der Waals surface area contributed by atoms with Crippen LogP contribution in [0.25, 0.3) is 31.3 Å². The van der Waals surface area contributed by atoms with E-state index in [0.717, 1.165) is 50.5 Å². The third-order valence-electron chi connectivity index (χ3n) is 7.64. The maximum absolute atomic E-state index is 11.1. The van der Waals surface area contributed by atoms with E-state index >= 15 is 0 Å². The maximum atomic E-state index is 11.1. The molecule has 0 aromatic rings. The quantitative estimate of drug-likeness (QED) is 0.0643. The van der Waals surface area contributed by atoms with E-state index in [4.69, 9.17) is 9.16 Å². The normalized spacial score (nSPS) is 26.7. The molecule has 0 bridgehead atoms. The summed E-state index contributed by atoms with van der Waals surface area (Å²) in [6.45, 7) is 4.48. The first-order valence-electron chi connectivity index (χ1n) is 12.4. The zero-order chi connectivity index (χ0) is 25.9. The van der Waals surface area contributed by atoms with Gasteiger partial charge in [-0.25, -0.2) is 0 Å². The summed E-state index contributed by atoms with van der Waals surface area (Å²) in [5.41, 5.74) is 28.7. The highest BCUT2D eigenvalue weighted by atomic mass is 28.4. The fourth-order valence-corrected chi connectivity index (χ4v) is 12.2. The first-order chi connectivity index (χ1) is 17.6. The summed E-state index contributed by atoms with van der Waals surface area (Å²) in [4.78, 5) is 20.2. The van der Waals surface area contributed by atoms with E-state index in [0.29, 0.717) is 19.3 Å². The van der Waals surface area contributed by atoms with Crippen LogP contribution >= 0.6 is 0 Å². The largest absolute Gasteiger partial charge is 0.460 e. The second-order valence-corrected chi connectivity index (χ2v) is 13.8. The summed E-state index contributed by atoms with van der Waals surface area (Å²) in [5, 5.41) is 12.1. The summed E-state index contributed by atoms with van der Waals surface area (Å²) >= 11 is 0. The van der Waals surface area contributed by atoms with Gasteiger partial charge in [0.2, 0.25) is 8.32 Å². The third kappa shape index (κ3) is 5.78. The van der Waals surface area contributed by atoms with Gasteiger partial charge in [-0.2, -0.15) is 0 Å². The lowest BCUT2D eigenvalue weighted by Crippen LogP contribution is -2.61. The molecule has 0 spiro atoms. The average Bonchev–Trinajstić information content (AvgIpc) is 3.26. The molecular formula is C23H33N9O3Si. The van der Waals surface area contributed by atoms with E-state index in [1.807, 2.05) is 0 Å². The highest BCUT2D eigenvalue weighted by Gasteiger charge is 2.61. The van der Waals surface area contributed by atoms with Crippen molar-refractivity contribution in [1.82, 2.24) is 0 Å². The summed E-state index contributed by atoms with van der Waals surface area (Å²) in [7, 11) is -3.24. The highest BCUT2D eigenvalue weighted by Crippen LogP contribution is 2.56. The van der Waals surface area contributed by atoms with Crippen LogP contribution < -0.4 is 0 Å². The Morgan fingerprint density at radius 3 is 2.31 bits per heavy atom. The predicted octanol–water partition coefficient (Wildman–Crippen LogP) is 7.03. The standard InChI is InChI=1S/C23H33N9O3Si/c1-18-12-19(13-22(18)34-17-33)35-36(20-8-4-2-5-9-20,21-10-6-3-7-11-21)23(14-27-30-24,15-28-31-25)16-29-32-26/h4,8,10,17,19-20,22H,1-3,5-7,9,11-16H2/t19-,20?,22-,36?/m1/s1. The van der Waals surface area contributed by atoms with E-state index in [-0.39, 0.29) is 31.3 Å². The Morgan fingerprint density at radius 1 is 1.08 bits per heavy atom. The molecule has 3 aliphatic rings. The Kier molecular flexibility index (Phi) is 10.0. The number of rotatable bonds is 13. The number of allylic oxidation sites excluding steroid dienone is 4. The second-order valence-electron chi connectivity index (χ2n) is 9.68. The zero-order valence-electron chi connectivity index (χ0n) is 20.5. The van der Waals surface area contributed by atoms with Crippen LogP contribution in [0, 0.1) is 0 Å². The van der Waals surface area contributed by atoms with Crippen LogP contribution in [0.5, 0.6) is 0 Å². The SMILES string of the molecule is C=C1C[C@@H](O[Si](C2=CCCCC2)(C2C=CCCC2)C(CN=[N+]=[N-])(CN=[N+]=[N-])CN=[N+]=[N-])C[C@H]1OC=O. The zero-order valence-corrected chi connectivity index (χ0v) is 21.5. The van der Waals surface area contributed by atoms with Crippen LogP contribution in [0.3, 0.4) is 0 Å². The molecule has 2 unspecified atom stereocenters. The van der Waals surface area contributed by atoms with E-state index < -0.39 is 19.5 Å². The van der Waals surface area contributed by atoms with Crippen LogP contribution in [-0.2, 0) is 14.0 Å². The van der Waals surface area contributed by atoms with Crippen molar-refractivity contribution in [3.05, 3.63) is 66.9 Å². The monoisotopic (exact) mass is 511 g/mol. The molecular weight excluding hydrogens is 478 g/mol. The first-order valence-corrected chi connectivity index (χ1v) is 14.4. The fraction of sp³-hybridized carbons (Fsp3) is 0.696. The van der Waals surface area contributed by atoms with Crippen LogP contribution in [0.1, 0.15) is 57.8 Å². The number of carbonyl (C=O) groups excluding carboxylic acids is 1. The molecule has 0 amide bonds. The van der Waals surface area contributed by atoms with Crippen LogP contribution in [0.4, 0.5) is 0 Å². The predicted molar refractivity (Wildman–Crippen MR) is 138 cm³/mol. The molecule has 192 valence electrons. The lowest BCUT2D eigenvalue weighted by molar-refractivity contribution is -0.132. The van der Waals surface area contributed by atoms with Crippen molar-refractivity contribution < 1.29 is 14.0 Å². The van der Waals surface area contributed by atoms with Crippen LogP contribution in [0.15, 0.2) is 50.9 Å². The fourth-order valence-electron chi connectivity index (χ4n) is 6.07. The first kappa shape index (κ1) is 27.4. The number of carbonyl (C=O) groups is 1. The molecule has 0 aliphatic heterocycles. The van der Waals surface area contributed by atoms with Crippen LogP contribution in [-0.4, -0.2) is 46.6 Å². The third-order valence-corrected chi connectivity index (χ3v) is 13.3. The molecule has 12 nitrogen and oxygen atoms in total. The number of hydrogen-bond donors (Lipinski definition) is 0. The van der Waals surface area contributed by atoms with Crippen molar-refractivity contribution in [2.24, 2.45) is 15.3 Å². The van der Waals surface area contributed by atoms with Gasteiger partial charge in [-0.1, -0.05) is 45.3 Å². The van der Waals surface area contributed by atoms with Gasteiger partial charge >= 0.3 is 0 Å². The van der Waals surface area contributed by atoms with Crippen molar-refractivity contribution in [1.29, 1.82) is 0 Å². The van der Waals surface area contributed by atoms with Crippen molar-refractivity contribution in [3.63, 3.8) is 0 Å². The van der Waals surface area contributed by atoms with E-state index in [1.165, 1.54) is 5.20 Å². The Morgan fingerprint density at radius 2 is 1.78 bits per heavy atom. The Hall–Kier alpha value is -3.20. The van der Waals surface area contributed by atoms with Crippen molar-refractivity contribution in [3.8, 4) is 0 Å². The molecule has 13 heteroatoms. The highest BCUT2D eigenvalue weighted by molar-refractivity contribution is 6.85. The summed E-state index contributed by atoms with van der Waals surface area (Å²) < 4.78 is 12.6. The van der Waals surface area contributed by atoms with E-state index in [2.05, 4.69) is 54.9 Å². The molecule has 0 heterocycles. The lowest BCUT2D eigenvalue weighted by Gasteiger charge is -2.54. The second kappa shape index (κ2) is 13.2. The molecule has 0 radical (unpaired) electrons. The van der Waals surface area contributed by atoms with E-state index in [9.17, 15) is 21.4 Å². The van der Waals surface area contributed by atoms with Gasteiger partial charge < -0.3 is 9.16 Å². The summed E-state index contributed by atoms with van der Waals surface area (Å²) in [5.74, 6) is 0. The van der Waals surface area contributed by atoms with Gasteiger partial charge in [0, 0.05) is 51.4 Å². The molecule has 0 aromatic heterocycles. The minimum atomic E-state index is -3.24. The molecule has 3 rings (SSSR count). The topological polar surface area (TPSA) is 182 Å². The average molecular weight is 512 g/mol. The van der Waals surface area contributed by atoms with Gasteiger partial charge in [-0.15, -0.1) is 0 Å². The smallest absolute Gasteiger partial charge is 0.293 e. The van der Waals surface area contributed by atoms with Gasteiger partial charge in [-0.05, 0) is 73.5 Å². The van der Waals surface area contributed by atoms with Crippen LogP contribution in [0.2, 0.25) is 10.6 Å². The van der Waals surface area contributed by atoms with Gasteiger partial charge in [0.25, 0.3) is 6.47 Å². The number of azide groups is 3. The van der Waals surface area contributed by atoms with Gasteiger partial charge in [0.15, 0.2) is 0 Å². The Balaban J connectivity index is 2.26. The lowest BCUT2D eigenvalue weighted by atomic mass is 10.1. The minimum Gasteiger partial charge on any atom is -0.460 e. The molecule has 36 heavy (non-hydrogen) atoms. The Bertz CT molecular complexity index is 978. The molecule has 1 saturated carbocycles. The maximum Gasteiger partial charge on any atom is 0.293 e. The van der Waals surface area contributed by atoms with Gasteiger partial charge in [0.1, 0.15) is 6.10 Å². The number of ether oxygens (including phenoxy) is 1. The van der Waals surface area contributed by atoms with E-state index in [1.54, 1.807) is 0 Å². The Labute approximate surface area is 211 Å². The molecule has 1 fully saturated rings. The molecule has 3 aliphatic carbocycles. The molecule has 4 atom stereocenters. The summed E-state index contributed by atoms with van der Waals surface area (Å²) in [6.07, 6.45) is 13.5. The van der Waals surface area contributed by atoms with Gasteiger partial charge in [-0.3, -0.25) is 4.79 Å². The molecule has 0 N–H and O–H groups in total. The minimum absolute atomic E-state index is 0.00610. The van der Waals surface area contributed by atoms with Crippen molar-refractivity contribution >= 4 is 14.8 Å². The van der Waals surface area contributed by atoms with Gasteiger partial charge in [0.05, 0.1) is 6.10 Å². The van der Waals surface area contributed by atoms with Crippen molar-refractivity contribution in [2.45, 2.75) is 80.6 Å². The molecule has 0 aromatic carbocycles. The molecule has 0 saturated heterocycles. The number of nitrogens with zero attached hydrogens (tertiary/aromatic N) is 9. The van der Waals surface area contributed by atoms with Crippen molar-refractivity contribution in [2.75, 3.05) is 19.6 Å².